The lowest BCUT2D eigenvalue weighted by Crippen LogP contribution is -2.52. The summed E-state index contributed by atoms with van der Waals surface area (Å²) in [7, 11) is 0. The highest BCUT2D eigenvalue weighted by molar-refractivity contribution is 5.74. The molecule has 0 spiro atoms. The Bertz CT molecular complexity index is 400. The number of aliphatic hydroxyl groups is 1. The van der Waals surface area contributed by atoms with Crippen LogP contribution in [0, 0.1) is 0 Å². The van der Waals surface area contributed by atoms with E-state index in [0.717, 1.165) is 25.3 Å². The van der Waals surface area contributed by atoms with Crippen molar-refractivity contribution in [1.29, 1.82) is 0 Å². The van der Waals surface area contributed by atoms with E-state index in [1.807, 2.05) is 13.0 Å². The second-order valence-electron chi connectivity index (χ2n) is 5.09. The molecule has 1 aliphatic rings. The van der Waals surface area contributed by atoms with Crippen molar-refractivity contribution in [2.45, 2.75) is 26.0 Å². The Hall–Kier alpha value is -1.53. The van der Waals surface area contributed by atoms with Crippen molar-refractivity contribution >= 4 is 6.03 Å². The van der Waals surface area contributed by atoms with Crippen molar-refractivity contribution in [3.63, 3.8) is 0 Å². The Labute approximate surface area is 119 Å². The first-order chi connectivity index (χ1) is 9.69. The van der Waals surface area contributed by atoms with Gasteiger partial charge in [-0.25, -0.2) is 4.79 Å². The van der Waals surface area contributed by atoms with E-state index in [0.29, 0.717) is 26.2 Å². The highest BCUT2D eigenvalue weighted by Gasteiger charge is 2.21. The fourth-order valence-electron chi connectivity index (χ4n) is 2.25. The van der Waals surface area contributed by atoms with Crippen LogP contribution >= 0.6 is 0 Å². The van der Waals surface area contributed by atoms with Gasteiger partial charge in [0.05, 0.1) is 18.9 Å². The summed E-state index contributed by atoms with van der Waals surface area (Å²) in [5.41, 5.74) is 0. The van der Waals surface area contributed by atoms with Crippen LogP contribution in [0.1, 0.15) is 19.1 Å². The summed E-state index contributed by atoms with van der Waals surface area (Å²) in [5, 5.41) is 12.5. The Balaban J connectivity index is 1.69. The molecule has 2 amide bonds. The molecule has 112 valence electrons. The molecule has 1 aromatic rings. The zero-order valence-corrected chi connectivity index (χ0v) is 11.9. The number of amides is 2. The van der Waals surface area contributed by atoms with Gasteiger partial charge < -0.3 is 19.7 Å². The molecule has 1 saturated heterocycles. The molecule has 0 bridgehead atoms. The minimum atomic E-state index is -0.269. The fourth-order valence-corrected chi connectivity index (χ4v) is 2.25. The molecule has 0 aliphatic carbocycles. The van der Waals surface area contributed by atoms with E-state index in [2.05, 4.69) is 10.2 Å². The van der Waals surface area contributed by atoms with Crippen molar-refractivity contribution in [3.05, 3.63) is 24.2 Å². The molecule has 0 radical (unpaired) electrons. The lowest BCUT2D eigenvalue weighted by molar-refractivity contribution is 0.0790. The number of furan rings is 1. The number of aliphatic hydroxyl groups excluding tert-OH is 1. The standard InChI is InChI=1S/C14H23N3O3/c1-2-12(18)11-16-5-7-17(8-6-16)14(19)15-10-13-4-3-9-20-13/h3-4,9,12,18H,2,5-8,10-11H2,1H3,(H,15,19)/t12-/m1/s1. The van der Waals surface area contributed by atoms with Gasteiger partial charge in [-0.15, -0.1) is 0 Å². The number of β-amino-alcohol motifs (C(OH)–C–C–N with tert-alkyl or cyclic N) is 1. The number of piperazine rings is 1. The van der Waals surface area contributed by atoms with Crippen molar-refractivity contribution in [1.82, 2.24) is 15.1 Å². The molecule has 20 heavy (non-hydrogen) atoms. The van der Waals surface area contributed by atoms with Gasteiger partial charge in [-0.3, -0.25) is 4.90 Å². The summed E-state index contributed by atoms with van der Waals surface area (Å²) in [6.07, 6.45) is 2.10. The minimum Gasteiger partial charge on any atom is -0.467 e. The number of carbonyl (C=O) groups excluding carboxylic acids is 1. The number of rotatable bonds is 5. The summed E-state index contributed by atoms with van der Waals surface area (Å²) < 4.78 is 5.18. The zero-order valence-electron chi connectivity index (χ0n) is 11.9. The third-order valence-electron chi connectivity index (χ3n) is 3.59. The molecular formula is C14H23N3O3. The molecule has 2 rings (SSSR count). The van der Waals surface area contributed by atoms with E-state index in [9.17, 15) is 9.90 Å². The van der Waals surface area contributed by atoms with E-state index in [4.69, 9.17) is 4.42 Å². The van der Waals surface area contributed by atoms with Gasteiger partial charge in [0.15, 0.2) is 0 Å². The van der Waals surface area contributed by atoms with Crippen LogP contribution in [0.2, 0.25) is 0 Å². The van der Waals surface area contributed by atoms with Crippen molar-refractivity contribution in [2.24, 2.45) is 0 Å². The van der Waals surface area contributed by atoms with Gasteiger partial charge in [0.25, 0.3) is 0 Å². The van der Waals surface area contributed by atoms with Crippen LogP contribution in [0.4, 0.5) is 4.79 Å². The highest BCUT2D eigenvalue weighted by atomic mass is 16.3. The molecule has 0 aromatic carbocycles. The van der Waals surface area contributed by atoms with E-state index in [1.54, 1.807) is 17.2 Å². The fraction of sp³-hybridized carbons (Fsp3) is 0.643. The van der Waals surface area contributed by atoms with Gasteiger partial charge in [0.1, 0.15) is 5.76 Å². The first-order valence-electron chi connectivity index (χ1n) is 7.14. The Morgan fingerprint density at radius 3 is 2.80 bits per heavy atom. The smallest absolute Gasteiger partial charge is 0.317 e. The van der Waals surface area contributed by atoms with E-state index >= 15 is 0 Å². The minimum absolute atomic E-state index is 0.0583. The second-order valence-corrected chi connectivity index (χ2v) is 5.09. The normalized spacial score (nSPS) is 18.0. The molecular weight excluding hydrogens is 258 g/mol. The van der Waals surface area contributed by atoms with Crippen molar-refractivity contribution in [2.75, 3.05) is 32.7 Å². The van der Waals surface area contributed by atoms with Crippen LogP contribution in [0.5, 0.6) is 0 Å². The predicted molar refractivity (Wildman–Crippen MR) is 75.3 cm³/mol. The monoisotopic (exact) mass is 281 g/mol. The van der Waals surface area contributed by atoms with Crippen LogP contribution in [0.15, 0.2) is 22.8 Å². The second kappa shape index (κ2) is 7.31. The largest absolute Gasteiger partial charge is 0.467 e. The number of carbonyl (C=O) groups is 1. The third kappa shape index (κ3) is 4.25. The molecule has 1 atom stereocenters. The number of nitrogens with one attached hydrogen (secondary N) is 1. The number of hydrogen-bond donors (Lipinski definition) is 2. The van der Waals surface area contributed by atoms with Crippen molar-refractivity contribution < 1.29 is 14.3 Å². The molecule has 1 aliphatic heterocycles. The highest BCUT2D eigenvalue weighted by Crippen LogP contribution is 2.05. The van der Waals surface area contributed by atoms with E-state index in [1.165, 1.54) is 0 Å². The lowest BCUT2D eigenvalue weighted by atomic mass is 10.2. The van der Waals surface area contributed by atoms with Crippen molar-refractivity contribution in [3.8, 4) is 0 Å². The molecule has 2 heterocycles. The van der Waals surface area contributed by atoms with Crippen LogP contribution in [0.25, 0.3) is 0 Å². The first kappa shape index (κ1) is 14.9. The Kier molecular flexibility index (Phi) is 5.43. The molecule has 0 unspecified atom stereocenters. The van der Waals surface area contributed by atoms with Gasteiger partial charge in [-0.1, -0.05) is 6.92 Å². The number of nitrogens with zero attached hydrogens (tertiary/aromatic N) is 2. The predicted octanol–water partition coefficient (Wildman–Crippen LogP) is 0.878. The summed E-state index contributed by atoms with van der Waals surface area (Å²) in [6, 6.07) is 3.58. The maximum absolute atomic E-state index is 12.0. The lowest BCUT2D eigenvalue weighted by Gasteiger charge is -2.35. The molecule has 6 heteroatoms. The third-order valence-corrected chi connectivity index (χ3v) is 3.59. The molecule has 2 N–H and O–H groups in total. The van der Waals surface area contributed by atoms with Gasteiger partial charge in [0, 0.05) is 32.7 Å². The summed E-state index contributed by atoms with van der Waals surface area (Å²) >= 11 is 0. The van der Waals surface area contributed by atoms with Crippen LogP contribution in [-0.2, 0) is 6.54 Å². The molecule has 1 aromatic heterocycles. The summed E-state index contributed by atoms with van der Waals surface area (Å²) in [4.78, 5) is 16.0. The van der Waals surface area contributed by atoms with Gasteiger partial charge in [-0.05, 0) is 18.6 Å². The van der Waals surface area contributed by atoms with E-state index < -0.39 is 0 Å². The summed E-state index contributed by atoms with van der Waals surface area (Å²) in [6.45, 7) is 6.10. The van der Waals surface area contributed by atoms with Gasteiger partial charge >= 0.3 is 6.03 Å². The molecule has 6 nitrogen and oxygen atoms in total. The van der Waals surface area contributed by atoms with E-state index in [-0.39, 0.29) is 12.1 Å². The summed E-state index contributed by atoms with van der Waals surface area (Å²) in [5.74, 6) is 0.753. The maximum atomic E-state index is 12.0. The average Bonchev–Trinajstić information content (AvgIpc) is 2.98. The first-order valence-corrected chi connectivity index (χ1v) is 7.14. The zero-order chi connectivity index (χ0) is 14.4. The van der Waals surface area contributed by atoms with Gasteiger partial charge in [-0.2, -0.15) is 0 Å². The topological polar surface area (TPSA) is 69.0 Å². The number of hydrogen-bond acceptors (Lipinski definition) is 4. The number of urea groups is 1. The molecule has 0 saturated carbocycles. The Morgan fingerprint density at radius 1 is 1.45 bits per heavy atom. The van der Waals surface area contributed by atoms with Gasteiger partial charge in [0.2, 0.25) is 0 Å². The average molecular weight is 281 g/mol. The molecule has 1 fully saturated rings. The Morgan fingerprint density at radius 2 is 2.20 bits per heavy atom. The van der Waals surface area contributed by atoms with Crippen LogP contribution in [-0.4, -0.2) is 59.8 Å². The quantitative estimate of drug-likeness (QED) is 0.840. The van der Waals surface area contributed by atoms with Crippen LogP contribution in [0.3, 0.4) is 0 Å². The maximum Gasteiger partial charge on any atom is 0.317 e. The SMILES string of the molecule is CC[C@@H](O)CN1CCN(C(=O)NCc2ccco2)CC1. The van der Waals surface area contributed by atoms with Crippen LogP contribution < -0.4 is 5.32 Å².